The van der Waals surface area contributed by atoms with Gasteiger partial charge < -0.3 is 34.6 Å². The van der Waals surface area contributed by atoms with E-state index in [4.69, 9.17) is 24.4 Å². The van der Waals surface area contributed by atoms with Crippen LogP contribution in [0.3, 0.4) is 0 Å². The van der Waals surface area contributed by atoms with E-state index in [-0.39, 0.29) is 30.6 Å². The number of carboxylic acids is 2. The first-order chi connectivity index (χ1) is 15.3. The number of rotatable bonds is 8. The average molecular weight is 511 g/mol. The highest BCUT2D eigenvalue weighted by Gasteiger charge is 2.41. The summed E-state index contributed by atoms with van der Waals surface area (Å²) in [6.45, 7) is 10.3. The molecule has 34 heavy (non-hydrogen) atoms. The van der Waals surface area contributed by atoms with Crippen molar-refractivity contribution < 1.29 is 38.8 Å². The number of ether oxygens (including phenoxy) is 3. The van der Waals surface area contributed by atoms with E-state index in [2.05, 4.69) is 5.32 Å². The van der Waals surface area contributed by atoms with Crippen LogP contribution in [0.5, 0.6) is 0 Å². The van der Waals surface area contributed by atoms with Gasteiger partial charge in [-0.3, -0.25) is 9.59 Å². The van der Waals surface area contributed by atoms with Crippen LogP contribution in [-0.2, 0) is 23.8 Å². The lowest BCUT2D eigenvalue weighted by Gasteiger charge is -2.34. The van der Waals surface area contributed by atoms with Crippen molar-refractivity contribution in [2.75, 3.05) is 27.3 Å². The molecular weight excluding hydrogens is 468 g/mol. The van der Waals surface area contributed by atoms with Crippen molar-refractivity contribution >= 4 is 30.4 Å². The number of carboxylic acid groups (broad SMARTS) is 2. The van der Waals surface area contributed by atoms with Crippen molar-refractivity contribution in [3.63, 3.8) is 0 Å². The lowest BCUT2D eigenvalue weighted by molar-refractivity contribution is -0.148. The van der Waals surface area contributed by atoms with Crippen molar-refractivity contribution in [2.24, 2.45) is 11.8 Å². The summed E-state index contributed by atoms with van der Waals surface area (Å²) < 4.78 is 15.9. The monoisotopic (exact) mass is 510 g/mol. The Morgan fingerprint density at radius 2 is 1.47 bits per heavy atom. The van der Waals surface area contributed by atoms with E-state index < -0.39 is 41.6 Å². The van der Waals surface area contributed by atoms with Gasteiger partial charge in [-0.2, -0.15) is 0 Å². The molecule has 6 atom stereocenters. The topological polar surface area (TPSA) is 135 Å². The zero-order valence-corrected chi connectivity index (χ0v) is 22.2. The molecule has 200 valence electrons. The van der Waals surface area contributed by atoms with Crippen molar-refractivity contribution in [1.82, 2.24) is 10.2 Å². The van der Waals surface area contributed by atoms with Crippen LogP contribution in [0.2, 0.25) is 0 Å². The Bertz CT molecular complexity index is 651. The maximum Gasteiger partial charge on any atom is 0.410 e. The third-order valence-electron chi connectivity index (χ3n) is 6.11. The molecule has 2 fully saturated rings. The molecule has 0 aromatic carbocycles. The minimum Gasteiger partial charge on any atom is -0.481 e. The molecule has 2 aliphatic heterocycles. The van der Waals surface area contributed by atoms with Gasteiger partial charge in [0, 0.05) is 26.8 Å². The van der Waals surface area contributed by atoms with E-state index in [1.807, 2.05) is 20.8 Å². The Morgan fingerprint density at radius 3 is 1.88 bits per heavy atom. The second kappa shape index (κ2) is 14.7. The number of amides is 1. The Labute approximate surface area is 209 Å². The molecule has 0 aromatic rings. The molecule has 0 spiro atoms. The van der Waals surface area contributed by atoms with Crippen molar-refractivity contribution in [2.45, 2.75) is 90.2 Å². The van der Waals surface area contributed by atoms with Crippen LogP contribution < -0.4 is 5.32 Å². The number of halogens is 1. The summed E-state index contributed by atoms with van der Waals surface area (Å²) >= 11 is 0. The van der Waals surface area contributed by atoms with Gasteiger partial charge in [-0.15, -0.1) is 12.4 Å². The Balaban J connectivity index is 0.000000676. The van der Waals surface area contributed by atoms with E-state index in [0.29, 0.717) is 6.54 Å². The molecule has 0 bridgehead atoms. The smallest absolute Gasteiger partial charge is 0.410 e. The summed E-state index contributed by atoms with van der Waals surface area (Å²) in [7, 11) is 3.06. The summed E-state index contributed by atoms with van der Waals surface area (Å²) in [6.07, 6.45) is 2.54. The number of nitrogens with zero attached hydrogens (tertiary/aromatic N) is 1. The number of carbonyl (C=O) groups is 3. The normalized spacial score (nSPS) is 23.6. The van der Waals surface area contributed by atoms with E-state index >= 15 is 0 Å². The highest BCUT2D eigenvalue weighted by Crippen LogP contribution is 2.28. The molecule has 0 aliphatic carbocycles. The summed E-state index contributed by atoms with van der Waals surface area (Å²) in [4.78, 5) is 35.7. The van der Waals surface area contributed by atoms with Crippen LogP contribution in [-0.4, -0.2) is 90.3 Å². The third kappa shape index (κ3) is 9.56. The van der Waals surface area contributed by atoms with Gasteiger partial charge in [-0.25, -0.2) is 4.79 Å². The standard InChI is InChI=1S/C14H25NO5.C9H17NO3.ClH/c1-9(12(16)17)11(19-5)10-7-6-8-15(10)13(18)20-14(2,3)4;1-6(9(11)12)8(13-2)7-4-3-5-10-7;/h9-11H,6-8H2,1-5H3,(H,16,17);6-8,10H,3-5H2,1-2H3,(H,11,12);1H/t9-,10+,11-;6-,7+,8-;/m11./s1. The minimum atomic E-state index is -0.923. The second-order valence-electron chi connectivity index (χ2n) is 9.74. The first-order valence-corrected chi connectivity index (χ1v) is 11.6. The molecule has 11 heteroatoms. The Morgan fingerprint density at radius 1 is 0.941 bits per heavy atom. The zero-order chi connectivity index (χ0) is 25.3. The van der Waals surface area contributed by atoms with E-state index in [9.17, 15) is 14.4 Å². The fourth-order valence-corrected chi connectivity index (χ4v) is 4.37. The number of hydrogen-bond acceptors (Lipinski definition) is 7. The van der Waals surface area contributed by atoms with Gasteiger partial charge >= 0.3 is 18.0 Å². The summed E-state index contributed by atoms with van der Waals surface area (Å²) in [5.41, 5.74) is -0.564. The second-order valence-corrected chi connectivity index (χ2v) is 9.74. The molecule has 0 unspecified atom stereocenters. The van der Waals surface area contributed by atoms with E-state index in [1.54, 1.807) is 25.9 Å². The molecule has 1 amide bonds. The predicted molar refractivity (Wildman–Crippen MR) is 129 cm³/mol. The number of carbonyl (C=O) groups excluding carboxylic acids is 1. The Hall–Kier alpha value is -1.62. The fraction of sp³-hybridized carbons (Fsp3) is 0.870. The quantitative estimate of drug-likeness (QED) is 0.450. The molecule has 3 N–H and O–H groups in total. The number of likely N-dealkylation sites (tertiary alicyclic amines) is 1. The van der Waals surface area contributed by atoms with Crippen molar-refractivity contribution in [1.29, 1.82) is 0 Å². The molecule has 10 nitrogen and oxygen atoms in total. The van der Waals surface area contributed by atoms with Crippen LogP contribution in [0.4, 0.5) is 4.79 Å². The third-order valence-corrected chi connectivity index (χ3v) is 6.11. The molecule has 2 rings (SSSR count). The maximum absolute atomic E-state index is 12.2. The largest absolute Gasteiger partial charge is 0.481 e. The van der Waals surface area contributed by atoms with Crippen molar-refractivity contribution in [3.05, 3.63) is 0 Å². The fourth-order valence-electron chi connectivity index (χ4n) is 4.37. The molecule has 0 saturated carbocycles. The lowest BCUT2D eigenvalue weighted by Crippen LogP contribution is -2.49. The lowest BCUT2D eigenvalue weighted by atomic mass is 9.96. The van der Waals surface area contributed by atoms with Crippen LogP contribution in [0.1, 0.15) is 60.3 Å². The van der Waals surface area contributed by atoms with Crippen LogP contribution in [0.25, 0.3) is 0 Å². The first-order valence-electron chi connectivity index (χ1n) is 11.6. The molecule has 2 saturated heterocycles. The maximum atomic E-state index is 12.2. The van der Waals surface area contributed by atoms with Crippen LogP contribution >= 0.6 is 12.4 Å². The van der Waals surface area contributed by atoms with Gasteiger partial charge in [0.25, 0.3) is 0 Å². The molecule has 0 radical (unpaired) electrons. The summed E-state index contributed by atoms with van der Waals surface area (Å²) in [5.74, 6) is -2.83. The number of nitrogens with one attached hydrogen (secondary N) is 1. The molecular formula is C23H43ClN2O8. The predicted octanol–water partition coefficient (Wildman–Crippen LogP) is 3.02. The Kier molecular flexibility index (Phi) is 14.0. The van der Waals surface area contributed by atoms with E-state index in [1.165, 1.54) is 7.11 Å². The first kappa shape index (κ1) is 32.4. The average Bonchev–Trinajstić information content (AvgIpc) is 3.40. The van der Waals surface area contributed by atoms with Crippen molar-refractivity contribution in [3.8, 4) is 0 Å². The van der Waals surface area contributed by atoms with Gasteiger partial charge in [0.1, 0.15) is 5.60 Å². The summed E-state index contributed by atoms with van der Waals surface area (Å²) in [5, 5.41) is 21.2. The van der Waals surface area contributed by atoms with Crippen LogP contribution in [0.15, 0.2) is 0 Å². The highest BCUT2D eigenvalue weighted by atomic mass is 35.5. The van der Waals surface area contributed by atoms with Gasteiger partial charge in [-0.05, 0) is 66.8 Å². The summed E-state index contributed by atoms with van der Waals surface area (Å²) in [6, 6.07) is -0.0444. The van der Waals surface area contributed by atoms with Gasteiger partial charge in [0.15, 0.2) is 0 Å². The minimum absolute atomic E-state index is 0. The van der Waals surface area contributed by atoms with Gasteiger partial charge in [-0.1, -0.05) is 0 Å². The van der Waals surface area contributed by atoms with Gasteiger partial charge in [0.05, 0.1) is 30.1 Å². The molecule has 2 aliphatic rings. The zero-order valence-electron chi connectivity index (χ0n) is 21.4. The van der Waals surface area contributed by atoms with Crippen LogP contribution in [0, 0.1) is 11.8 Å². The van der Waals surface area contributed by atoms with Gasteiger partial charge in [0.2, 0.25) is 0 Å². The molecule has 0 aromatic heterocycles. The number of hydrogen-bond donors (Lipinski definition) is 3. The molecule has 2 heterocycles. The number of aliphatic carboxylic acids is 2. The highest BCUT2D eigenvalue weighted by molar-refractivity contribution is 5.85. The number of methoxy groups -OCH3 is 2. The van der Waals surface area contributed by atoms with E-state index in [0.717, 1.165) is 32.2 Å². The SMILES string of the molecule is CO[C@@H]([C@@H]1CCCN1)[C@@H](C)C(=O)O.CO[C@H]([C@@H](C)C(=O)O)[C@@H]1CCCN1C(=O)OC(C)(C)C.Cl.